The molecule has 1 N–H and O–H groups in total. The normalized spacial score (nSPS) is 14.0. The number of hydrogen-bond donors (Lipinski definition) is 1. The fourth-order valence-corrected chi connectivity index (χ4v) is 3.66. The molecule has 2 aromatic carbocycles. The summed E-state index contributed by atoms with van der Waals surface area (Å²) in [5.74, 6) is 0.546. The van der Waals surface area contributed by atoms with Gasteiger partial charge in [0.25, 0.3) is 0 Å². The summed E-state index contributed by atoms with van der Waals surface area (Å²) in [6, 6.07) is 15.5. The lowest BCUT2D eigenvalue weighted by Gasteiger charge is -2.22. The van der Waals surface area contributed by atoms with Gasteiger partial charge in [0.15, 0.2) is 0 Å². The first-order chi connectivity index (χ1) is 11.7. The van der Waals surface area contributed by atoms with Crippen LogP contribution in [0.2, 0.25) is 0 Å². The zero-order valence-corrected chi connectivity index (χ0v) is 14.4. The SMILES string of the molecule is CCc1ccc(NC(=O)CN2C(=O)CCSc3ccccc32)cc1. The molecule has 0 aliphatic carbocycles. The van der Waals surface area contributed by atoms with E-state index in [2.05, 4.69) is 12.2 Å². The fourth-order valence-electron chi connectivity index (χ4n) is 2.66. The summed E-state index contributed by atoms with van der Waals surface area (Å²) in [7, 11) is 0. The second kappa shape index (κ2) is 7.53. The van der Waals surface area contributed by atoms with Gasteiger partial charge in [-0.2, -0.15) is 0 Å². The molecule has 0 fully saturated rings. The Morgan fingerprint density at radius 2 is 1.92 bits per heavy atom. The summed E-state index contributed by atoms with van der Waals surface area (Å²) >= 11 is 1.66. The second-order valence-corrected chi connectivity index (χ2v) is 6.78. The number of aryl methyl sites for hydroxylation is 1. The molecule has 1 aliphatic rings. The van der Waals surface area contributed by atoms with Crippen LogP contribution in [0.15, 0.2) is 53.4 Å². The molecular formula is C19H20N2O2S. The van der Waals surface area contributed by atoms with Crippen molar-refractivity contribution in [1.82, 2.24) is 0 Å². The Labute approximate surface area is 146 Å². The Hall–Kier alpha value is -2.27. The second-order valence-electron chi connectivity index (χ2n) is 5.64. The van der Waals surface area contributed by atoms with E-state index in [9.17, 15) is 9.59 Å². The first kappa shape index (κ1) is 16.6. The number of rotatable bonds is 4. The van der Waals surface area contributed by atoms with Gasteiger partial charge in [0, 0.05) is 22.8 Å². The monoisotopic (exact) mass is 340 g/mol. The Morgan fingerprint density at radius 3 is 2.67 bits per heavy atom. The first-order valence-corrected chi connectivity index (χ1v) is 9.07. The van der Waals surface area contributed by atoms with Gasteiger partial charge >= 0.3 is 0 Å². The Balaban J connectivity index is 1.73. The van der Waals surface area contributed by atoms with Crippen LogP contribution in [0, 0.1) is 0 Å². The van der Waals surface area contributed by atoms with Crippen molar-refractivity contribution in [2.75, 3.05) is 22.5 Å². The number of nitrogens with zero attached hydrogens (tertiary/aromatic N) is 1. The number of amides is 2. The van der Waals surface area contributed by atoms with Crippen molar-refractivity contribution in [1.29, 1.82) is 0 Å². The van der Waals surface area contributed by atoms with Crippen LogP contribution < -0.4 is 10.2 Å². The first-order valence-electron chi connectivity index (χ1n) is 8.08. The number of anilines is 2. The molecule has 0 unspecified atom stereocenters. The highest BCUT2D eigenvalue weighted by atomic mass is 32.2. The van der Waals surface area contributed by atoms with Crippen LogP contribution in [0.5, 0.6) is 0 Å². The van der Waals surface area contributed by atoms with Crippen molar-refractivity contribution in [3.8, 4) is 0 Å². The van der Waals surface area contributed by atoms with E-state index in [4.69, 9.17) is 0 Å². The number of benzene rings is 2. The fraction of sp³-hybridized carbons (Fsp3) is 0.263. The largest absolute Gasteiger partial charge is 0.325 e. The lowest BCUT2D eigenvalue weighted by molar-refractivity contribution is -0.121. The van der Waals surface area contributed by atoms with E-state index in [1.165, 1.54) is 5.56 Å². The van der Waals surface area contributed by atoms with E-state index in [-0.39, 0.29) is 18.4 Å². The highest BCUT2D eigenvalue weighted by Gasteiger charge is 2.24. The predicted molar refractivity (Wildman–Crippen MR) is 98.6 cm³/mol. The third-order valence-electron chi connectivity index (χ3n) is 3.98. The van der Waals surface area contributed by atoms with Crippen molar-refractivity contribution < 1.29 is 9.59 Å². The van der Waals surface area contributed by atoms with Gasteiger partial charge in [-0.3, -0.25) is 9.59 Å². The molecule has 0 radical (unpaired) electrons. The smallest absolute Gasteiger partial charge is 0.244 e. The molecule has 1 aliphatic heterocycles. The molecule has 0 aromatic heterocycles. The van der Waals surface area contributed by atoms with Crippen LogP contribution in [0.1, 0.15) is 18.9 Å². The minimum absolute atomic E-state index is 0.0102. The summed E-state index contributed by atoms with van der Waals surface area (Å²) in [5.41, 5.74) is 2.80. The highest BCUT2D eigenvalue weighted by molar-refractivity contribution is 7.99. The molecule has 124 valence electrons. The van der Waals surface area contributed by atoms with Crippen LogP contribution in [0.25, 0.3) is 0 Å². The van der Waals surface area contributed by atoms with Gasteiger partial charge in [0.2, 0.25) is 11.8 Å². The number of fused-ring (bicyclic) bond motifs is 1. The predicted octanol–water partition coefficient (Wildman–Crippen LogP) is 3.72. The molecule has 1 heterocycles. The van der Waals surface area contributed by atoms with E-state index < -0.39 is 0 Å². The molecule has 0 saturated heterocycles. The van der Waals surface area contributed by atoms with Crippen LogP contribution >= 0.6 is 11.8 Å². The van der Waals surface area contributed by atoms with E-state index in [1.807, 2.05) is 48.5 Å². The lowest BCUT2D eigenvalue weighted by atomic mass is 10.1. The quantitative estimate of drug-likeness (QED) is 0.923. The van der Waals surface area contributed by atoms with Gasteiger partial charge in [-0.15, -0.1) is 11.8 Å². The number of carbonyl (C=O) groups excluding carboxylic acids is 2. The van der Waals surface area contributed by atoms with Crippen molar-refractivity contribution in [2.45, 2.75) is 24.7 Å². The Morgan fingerprint density at radius 1 is 1.17 bits per heavy atom. The summed E-state index contributed by atoms with van der Waals surface area (Å²) in [5, 5.41) is 2.87. The minimum atomic E-state index is -0.186. The van der Waals surface area contributed by atoms with Gasteiger partial charge in [-0.05, 0) is 36.2 Å². The molecular weight excluding hydrogens is 320 g/mol. The maximum Gasteiger partial charge on any atom is 0.244 e. The number of para-hydroxylation sites is 1. The average Bonchev–Trinajstić information content (AvgIpc) is 2.75. The zero-order valence-electron chi connectivity index (χ0n) is 13.6. The molecule has 0 spiro atoms. The minimum Gasteiger partial charge on any atom is -0.325 e. The molecule has 24 heavy (non-hydrogen) atoms. The number of thioether (sulfide) groups is 1. The van der Waals surface area contributed by atoms with Crippen molar-refractivity contribution in [3.05, 3.63) is 54.1 Å². The van der Waals surface area contributed by atoms with Gasteiger partial charge in [-0.25, -0.2) is 0 Å². The standard InChI is InChI=1S/C19H20N2O2S/c1-2-14-7-9-15(10-8-14)20-18(22)13-21-16-5-3-4-6-17(16)24-12-11-19(21)23/h3-10H,2,11-13H2,1H3,(H,20,22). The third-order valence-corrected chi connectivity index (χ3v) is 5.04. The van der Waals surface area contributed by atoms with Crippen LogP contribution in [0.4, 0.5) is 11.4 Å². The number of nitrogens with one attached hydrogen (secondary N) is 1. The molecule has 0 atom stereocenters. The molecule has 4 nitrogen and oxygen atoms in total. The third kappa shape index (κ3) is 3.79. The lowest BCUT2D eigenvalue weighted by Crippen LogP contribution is -2.37. The van der Waals surface area contributed by atoms with Crippen molar-refractivity contribution in [3.63, 3.8) is 0 Å². The van der Waals surface area contributed by atoms with Crippen LogP contribution in [-0.2, 0) is 16.0 Å². The van der Waals surface area contributed by atoms with E-state index in [0.717, 1.165) is 28.4 Å². The molecule has 0 bridgehead atoms. The van der Waals surface area contributed by atoms with E-state index >= 15 is 0 Å². The molecule has 2 aromatic rings. The molecule has 2 amide bonds. The number of carbonyl (C=O) groups is 2. The van der Waals surface area contributed by atoms with Gasteiger partial charge in [0.05, 0.1) is 5.69 Å². The summed E-state index contributed by atoms with van der Waals surface area (Å²) in [6.45, 7) is 2.12. The topological polar surface area (TPSA) is 49.4 Å². The van der Waals surface area contributed by atoms with Gasteiger partial charge in [0.1, 0.15) is 6.54 Å². The van der Waals surface area contributed by atoms with Gasteiger partial charge in [-0.1, -0.05) is 31.2 Å². The summed E-state index contributed by atoms with van der Waals surface area (Å²) in [4.78, 5) is 27.4. The van der Waals surface area contributed by atoms with E-state index in [1.54, 1.807) is 16.7 Å². The highest BCUT2D eigenvalue weighted by Crippen LogP contribution is 2.33. The maximum absolute atomic E-state index is 12.4. The van der Waals surface area contributed by atoms with E-state index in [0.29, 0.717) is 6.42 Å². The van der Waals surface area contributed by atoms with Crippen LogP contribution in [0.3, 0.4) is 0 Å². The Kier molecular flexibility index (Phi) is 5.20. The molecule has 0 saturated carbocycles. The van der Waals surface area contributed by atoms with Crippen molar-refractivity contribution >= 4 is 35.0 Å². The summed E-state index contributed by atoms with van der Waals surface area (Å²) < 4.78 is 0. The zero-order chi connectivity index (χ0) is 16.9. The molecule has 5 heteroatoms. The van der Waals surface area contributed by atoms with Crippen molar-refractivity contribution in [2.24, 2.45) is 0 Å². The molecule has 3 rings (SSSR count). The summed E-state index contributed by atoms with van der Waals surface area (Å²) in [6.07, 6.45) is 1.41. The maximum atomic E-state index is 12.4. The Bertz CT molecular complexity index is 743. The number of hydrogen-bond acceptors (Lipinski definition) is 3. The van der Waals surface area contributed by atoms with Gasteiger partial charge < -0.3 is 10.2 Å². The average molecular weight is 340 g/mol. The van der Waals surface area contributed by atoms with Crippen LogP contribution in [-0.4, -0.2) is 24.1 Å².